The van der Waals surface area contributed by atoms with Gasteiger partial charge in [0.05, 0.1) is 8.95 Å². The van der Waals surface area contributed by atoms with Gasteiger partial charge in [-0.25, -0.2) is 0 Å². The zero-order valence-electron chi connectivity index (χ0n) is 15.3. The Kier molecular flexibility index (Phi) is 9.00. The number of phenolic OH excluding ortho intramolecular Hbond substituents is 2. The van der Waals surface area contributed by atoms with E-state index in [2.05, 4.69) is 38.8 Å². The van der Waals surface area contributed by atoms with Gasteiger partial charge in [-0.15, -0.1) is 0 Å². The topological polar surface area (TPSA) is 40.5 Å². The molecule has 0 bridgehead atoms. The van der Waals surface area contributed by atoms with Crippen LogP contribution in [-0.4, -0.2) is 10.2 Å². The quantitative estimate of drug-likeness (QED) is 0.337. The van der Waals surface area contributed by atoms with Gasteiger partial charge in [0, 0.05) is 5.92 Å². The van der Waals surface area contributed by atoms with Gasteiger partial charge < -0.3 is 10.2 Å². The maximum absolute atomic E-state index is 9.81. The van der Waals surface area contributed by atoms with Crippen molar-refractivity contribution in [2.75, 3.05) is 0 Å². The number of phenols is 2. The van der Waals surface area contributed by atoms with Gasteiger partial charge in [0.2, 0.25) is 0 Å². The van der Waals surface area contributed by atoms with Crippen LogP contribution >= 0.6 is 31.9 Å². The van der Waals surface area contributed by atoms with Crippen LogP contribution in [0.25, 0.3) is 0 Å². The molecule has 4 heteroatoms. The van der Waals surface area contributed by atoms with Crippen molar-refractivity contribution < 1.29 is 10.2 Å². The Labute approximate surface area is 173 Å². The third-order valence-corrected chi connectivity index (χ3v) is 6.11. The molecule has 0 heterocycles. The van der Waals surface area contributed by atoms with E-state index >= 15 is 0 Å². The number of halogens is 2. The first-order chi connectivity index (χ1) is 12.5. The molecule has 0 unspecified atom stereocenters. The smallest absolute Gasteiger partial charge is 0.129 e. The number of unbranched alkanes of at least 4 members (excludes halogenated alkanes) is 6. The molecule has 2 rings (SSSR count). The molecule has 2 aromatic rings. The van der Waals surface area contributed by atoms with Gasteiger partial charge in [0.1, 0.15) is 11.5 Å². The Hall–Kier alpha value is -1.00. The monoisotopic (exact) mass is 482 g/mol. The van der Waals surface area contributed by atoms with Crippen molar-refractivity contribution in [2.45, 2.75) is 64.2 Å². The van der Waals surface area contributed by atoms with Gasteiger partial charge in [0.15, 0.2) is 0 Å². The Morgan fingerprint density at radius 2 is 1.19 bits per heavy atom. The molecule has 0 aliphatic carbocycles. The second-order valence-electron chi connectivity index (χ2n) is 6.88. The van der Waals surface area contributed by atoms with Gasteiger partial charge in [-0.3, -0.25) is 0 Å². The number of hydrogen-bond acceptors (Lipinski definition) is 2. The zero-order chi connectivity index (χ0) is 18.9. The lowest BCUT2D eigenvalue weighted by Gasteiger charge is -2.19. The third-order valence-electron chi connectivity index (χ3n) is 4.84. The van der Waals surface area contributed by atoms with E-state index < -0.39 is 0 Å². The summed E-state index contributed by atoms with van der Waals surface area (Å²) in [7, 11) is 0. The molecule has 0 saturated heterocycles. The Balaban J connectivity index is 2.08. The highest BCUT2D eigenvalue weighted by Gasteiger charge is 2.16. The molecular formula is C22H28Br2O2. The number of aromatic hydroxyl groups is 2. The molecule has 142 valence electrons. The van der Waals surface area contributed by atoms with E-state index in [1.165, 1.54) is 56.1 Å². The van der Waals surface area contributed by atoms with Crippen molar-refractivity contribution in [1.82, 2.24) is 0 Å². The number of rotatable bonds is 10. The average Bonchev–Trinajstić information content (AvgIpc) is 2.62. The first kappa shape index (κ1) is 21.3. The molecule has 0 atom stereocenters. The van der Waals surface area contributed by atoms with Crippen molar-refractivity contribution in [3.05, 3.63) is 56.5 Å². The van der Waals surface area contributed by atoms with E-state index in [1.54, 1.807) is 12.1 Å². The molecule has 2 aromatic carbocycles. The molecular weight excluding hydrogens is 456 g/mol. The molecule has 2 N–H and O–H groups in total. The summed E-state index contributed by atoms with van der Waals surface area (Å²) < 4.78 is 1.44. The van der Waals surface area contributed by atoms with E-state index in [0.717, 1.165) is 15.4 Å². The molecule has 0 aromatic heterocycles. The summed E-state index contributed by atoms with van der Waals surface area (Å²) in [5.41, 5.74) is 2.36. The fraction of sp³-hybridized carbons (Fsp3) is 0.455. The minimum Gasteiger partial charge on any atom is -0.507 e. The van der Waals surface area contributed by atoms with Gasteiger partial charge in [-0.2, -0.15) is 0 Å². The molecule has 0 spiro atoms. The van der Waals surface area contributed by atoms with Crippen molar-refractivity contribution in [1.29, 1.82) is 0 Å². The molecule has 0 saturated carbocycles. The van der Waals surface area contributed by atoms with Crippen LogP contribution in [-0.2, 0) is 0 Å². The molecule has 0 amide bonds. The number of hydrogen-bond donors (Lipinski definition) is 2. The summed E-state index contributed by atoms with van der Waals surface area (Å²) in [5.74, 6) is 0.769. The molecule has 0 aliphatic rings. The highest BCUT2D eigenvalue weighted by atomic mass is 79.9. The highest BCUT2D eigenvalue weighted by molar-refractivity contribution is 9.10. The van der Waals surface area contributed by atoms with Crippen LogP contribution in [0.2, 0.25) is 0 Å². The lowest BCUT2D eigenvalue weighted by molar-refractivity contribution is 0.471. The van der Waals surface area contributed by atoms with Crippen LogP contribution < -0.4 is 0 Å². The summed E-state index contributed by atoms with van der Waals surface area (Å²) in [4.78, 5) is 0. The highest BCUT2D eigenvalue weighted by Crippen LogP contribution is 2.37. The lowest BCUT2D eigenvalue weighted by Crippen LogP contribution is -2.02. The summed E-state index contributed by atoms with van der Waals surface area (Å²) in [6.07, 6.45) is 10.1. The summed E-state index contributed by atoms with van der Waals surface area (Å²) in [5, 5.41) is 19.6. The van der Waals surface area contributed by atoms with Crippen LogP contribution in [0.3, 0.4) is 0 Å². The van der Waals surface area contributed by atoms with Crippen LogP contribution in [0.15, 0.2) is 45.3 Å². The van der Waals surface area contributed by atoms with Gasteiger partial charge in [0.25, 0.3) is 0 Å². The maximum Gasteiger partial charge on any atom is 0.129 e. The third kappa shape index (κ3) is 6.31. The summed E-state index contributed by atoms with van der Waals surface area (Å²) in [6, 6.07) is 11.5. The second-order valence-corrected chi connectivity index (χ2v) is 8.59. The maximum atomic E-state index is 9.81. The minimum absolute atomic E-state index is 0.249. The fourth-order valence-corrected chi connectivity index (χ4v) is 4.10. The first-order valence-electron chi connectivity index (χ1n) is 9.49. The fourth-order valence-electron chi connectivity index (χ4n) is 3.31. The Bertz CT molecular complexity index is 649. The van der Waals surface area contributed by atoms with Crippen LogP contribution in [0.1, 0.15) is 75.3 Å². The van der Waals surface area contributed by atoms with Crippen LogP contribution in [0.5, 0.6) is 11.5 Å². The minimum atomic E-state index is 0.249. The number of benzene rings is 2. The first-order valence-corrected chi connectivity index (χ1v) is 11.1. The van der Waals surface area contributed by atoms with Crippen molar-refractivity contribution >= 4 is 31.9 Å². The lowest BCUT2D eigenvalue weighted by atomic mass is 9.86. The van der Waals surface area contributed by atoms with Gasteiger partial charge >= 0.3 is 0 Å². The van der Waals surface area contributed by atoms with E-state index in [1.807, 2.05) is 24.3 Å². The average molecular weight is 484 g/mol. The van der Waals surface area contributed by atoms with Crippen LogP contribution in [0.4, 0.5) is 0 Å². The van der Waals surface area contributed by atoms with Gasteiger partial charge in [-0.1, -0.05) is 64.0 Å². The molecule has 2 nitrogen and oxygen atoms in total. The summed E-state index contributed by atoms with van der Waals surface area (Å²) >= 11 is 6.86. The van der Waals surface area contributed by atoms with Crippen LogP contribution in [0, 0.1) is 0 Å². The Morgan fingerprint density at radius 1 is 0.731 bits per heavy atom. The van der Waals surface area contributed by atoms with Crippen molar-refractivity contribution in [2.24, 2.45) is 0 Å². The molecule has 0 radical (unpaired) electrons. The van der Waals surface area contributed by atoms with Crippen molar-refractivity contribution in [3.63, 3.8) is 0 Å². The molecule has 0 fully saturated rings. The van der Waals surface area contributed by atoms with Gasteiger partial charge in [-0.05, 0) is 73.7 Å². The van der Waals surface area contributed by atoms with E-state index in [9.17, 15) is 10.2 Å². The normalized spacial score (nSPS) is 11.2. The predicted octanol–water partition coefficient (Wildman–Crippen LogP) is 7.90. The zero-order valence-corrected chi connectivity index (χ0v) is 18.5. The largest absolute Gasteiger partial charge is 0.507 e. The standard InChI is InChI=1S/C22H28Br2O2/c1-2-3-4-5-6-7-8-9-18(16-10-12-21(25)19(23)14-16)17-11-13-22(26)20(24)15-17/h10-15,18,25-26H,2-9H2,1H3. The Morgan fingerprint density at radius 3 is 1.65 bits per heavy atom. The van der Waals surface area contributed by atoms with E-state index in [0.29, 0.717) is 0 Å². The predicted molar refractivity (Wildman–Crippen MR) is 116 cm³/mol. The molecule has 0 aliphatic heterocycles. The van der Waals surface area contributed by atoms with E-state index in [4.69, 9.17) is 0 Å². The second kappa shape index (κ2) is 11.0. The summed E-state index contributed by atoms with van der Waals surface area (Å²) in [6.45, 7) is 2.25. The SMILES string of the molecule is CCCCCCCCCC(c1ccc(O)c(Br)c1)c1ccc(O)c(Br)c1. The molecule has 26 heavy (non-hydrogen) atoms. The van der Waals surface area contributed by atoms with Crippen molar-refractivity contribution in [3.8, 4) is 11.5 Å². The van der Waals surface area contributed by atoms with E-state index in [-0.39, 0.29) is 17.4 Å².